The molecule has 2 heteroatoms. The molecule has 1 aliphatic rings. The number of hydrogen-bond acceptors (Lipinski definition) is 2. The normalized spacial score (nSPS) is 33.4. The third-order valence-electron chi connectivity index (χ3n) is 2.22. The topological polar surface area (TPSA) is 18.5 Å². The first-order valence-electron chi connectivity index (χ1n) is 4.97. The molecule has 1 rings (SSSR count). The lowest BCUT2D eigenvalue weighted by Crippen LogP contribution is -2.25. The molecule has 0 N–H and O–H groups in total. The van der Waals surface area contributed by atoms with Gasteiger partial charge in [0.25, 0.3) is 0 Å². The highest BCUT2D eigenvalue weighted by Gasteiger charge is 2.33. The fourth-order valence-electron chi connectivity index (χ4n) is 1.54. The summed E-state index contributed by atoms with van der Waals surface area (Å²) in [6.07, 6.45) is 4.45. The van der Waals surface area contributed by atoms with Crippen molar-refractivity contribution in [2.45, 2.75) is 52.4 Å². The van der Waals surface area contributed by atoms with E-state index in [2.05, 4.69) is 19.9 Å². The monoisotopic (exact) mass is 184 g/mol. The average Bonchev–Trinajstić information content (AvgIpc) is 2.30. The second kappa shape index (κ2) is 4.25. The van der Waals surface area contributed by atoms with Crippen molar-refractivity contribution in [3.63, 3.8) is 0 Å². The summed E-state index contributed by atoms with van der Waals surface area (Å²) >= 11 is 0. The van der Waals surface area contributed by atoms with Crippen LogP contribution >= 0.6 is 0 Å². The molecule has 13 heavy (non-hydrogen) atoms. The third kappa shape index (κ3) is 3.49. The lowest BCUT2D eigenvalue weighted by molar-refractivity contribution is -0.155. The van der Waals surface area contributed by atoms with E-state index in [0.29, 0.717) is 0 Å². The number of allylic oxidation sites excluding steroid dienone is 2. The summed E-state index contributed by atoms with van der Waals surface area (Å²) in [6.45, 7) is 9.02. The van der Waals surface area contributed by atoms with Gasteiger partial charge in [0.05, 0.1) is 12.7 Å². The molecule has 0 aliphatic carbocycles. The first-order valence-corrected chi connectivity index (χ1v) is 4.97. The molecule has 0 saturated carbocycles. The zero-order valence-electron chi connectivity index (χ0n) is 9.09. The van der Waals surface area contributed by atoms with Crippen LogP contribution < -0.4 is 0 Å². The molecular formula is C11H20O2. The first kappa shape index (κ1) is 10.7. The lowest BCUT2D eigenvalue weighted by Gasteiger charge is -2.22. The number of rotatable bonds is 3. The van der Waals surface area contributed by atoms with Gasteiger partial charge in [0, 0.05) is 6.42 Å². The molecule has 0 unspecified atom stereocenters. The molecule has 0 radical (unpaired) electrons. The molecule has 2 nitrogen and oxygen atoms in total. The highest BCUT2D eigenvalue weighted by atomic mass is 16.7. The van der Waals surface area contributed by atoms with Crippen LogP contribution in [0.5, 0.6) is 0 Å². The Labute approximate surface area is 80.9 Å². The lowest BCUT2D eigenvalue weighted by atomic mass is 10.1. The molecule has 0 bridgehead atoms. The first-order chi connectivity index (χ1) is 6.02. The van der Waals surface area contributed by atoms with E-state index < -0.39 is 0 Å². The summed E-state index contributed by atoms with van der Waals surface area (Å²) < 4.78 is 11.3. The average molecular weight is 184 g/mol. The van der Waals surface area contributed by atoms with Gasteiger partial charge in [-0.3, -0.25) is 0 Å². The zero-order valence-corrected chi connectivity index (χ0v) is 9.09. The minimum absolute atomic E-state index is 0.247. The molecule has 1 fully saturated rings. The minimum Gasteiger partial charge on any atom is -0.348 e. The molecule has 0 amide bonds. The van der Waals surface area contributed by atoms with Crippen LogP contribution in [-0.4, -0.2) is 18.5 Å². The van der Waals surface area contributed by atoms with Crippen molar-refractivity contribution in [3.05, 3.63) is 11.6 Å². The van der Waals surface area contributed by atoms with E-state index in [1.54, 1.807) is 0 Å². The van der Waals surface area contributed by atoms with Gasteiger partial charge >= 0.3 is 0 Å². The molecule has 1 saturated heterocycles. The highest BCUT2D eigenvalue weighted by molar-refractivity contribution is 4.93. The Morgan fingerprint density at radius 3 is 2.69 bits per heavy atom. The zero-order chi connectivity index (χ0) is 9.90. The Bertz CT molecular complexity index is 194. The molecular weight excluding hydrogens is 164 g/mol. The molecule has 0 aromatic rings. The Kier molecular flexibility index (Phi) is 3.51. The van der Waals surface area contributed by atoms with Gasteiger partial charge in [-0.25, -0.2) is 0 Å². The number of hydrogen-bond donors (Lipinski definition) is 0. The van der Waals surface area contributed by atoms with Crippen LogP contribution in [0.1, 0.15) is 40.5 Å². The molecule has 0 spiro atoms. The predicted molar refractivity (Wildman–Crippen MR) is 53.6 cm³/mol. The van der Waals surface area contributed by atoms with Gasteiger partial charge in [0.1, 0.15) is 0 Å². The largest absolute Gasteiger partial charge is 0.348 e. The van der Waals surface area contributed by atoms with Gasteiger partial charge in [-0.2, -0.15) is 0 Å². The van der Waals surface area contributed by atoms with Crippen LogP contribution in [-0.2, 0) is 9.47 Å². The van der Waals surface area contributed by atoms with Gasteiger partial charge in [0.15, 0.2) is 5.79 Å². The van der Waals surface area contributed by atoms with E-state index in [9.17, 15) is 0 Å². The fraction of sp³-hybridized carbons (Fsp3) is 0.818. The van der Waals surface area contributed by atoms with Crippen LogP contribution in [0.25, 0.3) is 0 Å². The van der Waals surface area contributed by atoms with Crippen molar-refractivity contribution in [2.24, 2.45) is 0 Å². The standard InChI is InChI=1S/C11H20O2/c1-9(2)6-5-7-11(4)12-8-10(3)13-11/h6,10H,5,7-8H2,1-4H3/t10-,11+/m1/s1. The van der Waals surface area contributed by atoms with Crippen molar-refractivity contribution in [3.8, 4) is 0 Å². The predicted octanol–water partition coefficient (Wildman–Crippen LogP) is 2.88. The van der Waals surface area contributed by atoms with E-state index in [0.717, 1.165) is 19.4 Å². The summed E-state index contributed by atoms with van der Waals surface area (Å²) in [7, 11) is 0. The summed E-state index contributed by atoms with van der Waals surface area (Å²) in [5.41, 5.74) is 1.36. The summed E-state index contributed by atoms with van der Waals surface area (Å²) in [6, 6.07) is 0. The van der Waals surface area contributed by atoms with Gasteiger partial charge < -0.3 is 9.47 Å². The Balaban J connectivity index is 2.32. The van der Waals surface area contributed by atoms with E-state index in [-0.39, 0.29) is 11.9 Å². The molecule has 76 valence electrons. The van der Waals surface area contributed by atoms with Gasteiger partial charge in [-0.15, -0.1) is 0 Å². The maximum absolute atomic E-state index is 5.68. The molecule has 0 aromatic carbocycles. The quantitative estimate of drug-likeness (QED) is 0.628. The van der Waals surface area contributed by atoms with Crippen LogP contribution in [0.2, 0.25) is 0 Å². The molecule has 0 aromatic heterocycles. The van der Waals surface area contributed by atoms with Crippen molar-refractivity contribution in [1.29, 1.82) is 0 Å². The smallest absolute Gasteiger partial charge is 0.166 e. The maximum atomic E-state index is 5.68. The van der Waals surface area contributed by atoms with E-state index in [1.165, 1.54) is 5.57 Å². The van der Waals surface area contributed by atoms with Crippen LogP contribution in [0.4, 0.5) is 0 Å². The van der Waals surface area contributed by atoms with Gasteiger partial charge in [-0.05, 0) is 34.1 Å². The minimum atomic E-state index is -0.342. The Hall–Kier alpha value is -0.340. The fourth-order valence-corrected chi connectivity index (χ4v) is 1.54. The van der Waals surface area contributed by atoms with Crippen LogP contribution in [0.3, 0.4) is 0 Å². The van der Waals surface area contributed by atoms with Gasteiger partial charge in [-0.1, -0.05) is 11.6 Å². The summed E-state index contributed by atoms with van der Waals surface area (Å²) in [5, 5.41) is 0. The Morgan fingerprint density at radius 2 is 2.23 bits per heavy atom. The SMILES string of the molecule is CC(C)=CCC[C@@]1(C)OC[C@@H](C)O1. The van der Waals surface area contributed by atoms with Crippen LogP contribution in [0.15, 0.2) is 11.6 Å². The summed E-state index contributed by atoms with van der Waals surface area (Å²) in [4.78, 5) is 0. The molecule has 1 aliphatic heterocycles. The Morgan fingerprint density at radius 1 is 1.54 bits per heavy atom. The van der Waals surface area contributed by atoms with Crippen molar-refractivity contribution in [2.75, 3.05) is 6.61 Å². The van der Waals surface area contributed by atoms with Gasteiger partial charge in [0.2, 0.25) is 0 Å². The van der Waals surface area contributed by atoms with E-state index >= 15 is 0 Å². The van der Waals surface area contributed by atoms with Crippen LogP contribution in [0, 0.1) is 0 Å². The third-order valence-corrected chi connectivity index (χ3v) is 2.22. The highest BCUT2D eigenvalue weighted by Crippen LogP contribution is 2.27. The van der Waals surface area contributed by atoms with E-state index in [4.69, 9.17) is 9.47 Å². The molecule has 2 atom stereocenters. The summed E-state index contributed by atoms with van der Waals surface area (Å²) in [5.74, 6) is -0.342. The van der Waals surface area contributed by atoms with Crippen molar-refractivity contribution < 1.29 is 9.47 Å². The van der Waals surface area contributed by atoms with Crippen molar-refractivity contribution in [1.82, 2.24) is 0 Å². The second-order valence-electron chi connectivity index (χ2n) is 4.19. The molecule has 1 heterocycles. The maximum Gasteiger partial charge on any atom is 0.166 e. The van der Waals surface area contributed by atoms with Crippen molar-refractivity contribution >= 4 is 0 Å². The number of ether oxygens (including phenoxy) is 2. The van der Waals surface area contributed by atoms with E-state index in [1.807, 2.05) is 13.8 Å². The second-order valence-corrected chi connectivity index (χ2v) is 4.19.